The maximum atomic E-state index is 9.18. The molecule has 0 amide bonds. The van der Waals surface area contributed by atoms with E-state index in [9.17, 15) is 5.11 Å². The van der Waals surface area contributed by atoms with E-state index in [-0.39, 0.29) is 6.61 Å². The molecule has 16 heavy (non-hydrogen) atoms. The highest BCUT2D eigenvalue weighted by molar-refractivity contribution is 4.92. The van der Waals surface area contributed by atoms with Gasteiger partial charge in [-0.3, -0.25) is 5.73 Å². The number of rotatable bonds is 1. The summed E-state index contributed by atoms with van der Waals surface area (Å²) in [4.78, 5) is 0. The van der Waals surface area contributed by atoms with Crippen molar-refractivity contribution in [3.63, 3.8) is 0 Å². The zero-order valence-corrected chi connectivity index (χ0v) is 8.89. The molecule has 1 aliphatic heterocycles. The van der Waals surface area contributed by atoms with Crippen LogP contribution in [0.3, 0.4) is 0 Å². The zero-order valence-electron chi connectivity index (χ0n) is 8.89. The lowest BCUT2D eigenvalue weighted by atomic mass is 9.97. The van der Waals surface area contributed by atoms with Gasteiger partial charge in [-0.1, -0.05) is 0 Å². The van der Waals surface area contributed by atoms with Crippen LogP contribution < -0.4 is 5.73 Å². The van der Waals surface area contributed by atoms with Gasteiger partial charge in [-0.15, -0.1) is 0 Å². The molecule has 1 rings (SSSR count). The van der Waals surface area contributed by atoms with Gasteiger partial charge in [0.25, 0.3) is 5.91 Å². The predicted octanol–water partition coefficient (Wildman–Crippen LogP) is -3.94. The molecule has 8 nitrogen and oxygen atoms in total. The van der Waals surface area contributed by atoms with Gasteiger partial charge in [0, 0.05) is 6.61 Å². The highest BCUT2D eigenvalue weighted by atomic mass is 16.7. The lowest BCUT2D eigenvalue weighted by Crippen LogP contribution is -2.69. The van der Waals surface area contributed by atoms with Crippen LogP contribution >= 0.6 is 0 Å². The SMILES string of the molecule is CCO.NC1(O)O[C@H](CO)[C@@H](O)[C@H](O)[C@H]1O. The second-order valence-corrected chi connectivity index (χ2v) is 3.33. The van der Waals surface area contributed by atoms with Gasteiger partial charge in [-0.25, -0.2) is 0 Å². The number of aliphatic hydroxyl groups excluding tert-OH is 5. The van der Waals surface area contributed by atoms with Gasteiger partial charge in [0.1, 0.15) is 18.3 Å². The van der Waals surface area contributed by atoms with E-state index >= 15 is 0 Å². The predicted molar refractivity (Wildman–Crippen MR) is 51.9 cm³/mol. The van der Waals surface area contributed by atoms with Crippen LogP contribution in [0.1, 0.15) is 6.92 Å². The molecular formula is C8H19NO7. The molecular weight excluding hydrogens is 222 g/mol. The van der Waals surface area contributed by atoms with E-state index in [0.29, 0.717) is 0 Å². The fourth-order valence-corrected chi connectivity index (χ4v) is 1.18. The Morgan fingerprint density at radius 3 is 2.00 bits per heavy atom. The Hall–Kier alpha value is -0.320. The molecule has 0 aromatic carbocycles. The maximum Gasteiger partial charge on any atom is 0.252 e. The Kier molecular flexibility index (Phi) is 6.30. The van der Waals surface area contributed by atoms with Crippen LogP contribution in [0.25, 0.3) is 0 Å². The van der Waals surface area contributed by atoms with Crippen molar-refractivity contribution in [2.75, 3.05) is 13.2 Å². The van der Waals surface area contributed by atoms with E-state index in [2.05, 4.69) is 4.74 Å². The topological polar surface area (TPSA) is 157 Å². The number of nitrogens with two attached hydrogens (primary N) is 1. The fraction of sp³-hybridized carbons (Fsp3) is 1.00. The summed E-state index contributed by atoms with van der Waals surface area (Å²) in [5.74, 6) is -2.45. The summed E-state index contributed by atoms with van der Waals surface area (Å²) in [6.45, 7) is 1.31. The van der Waals surface area contributed by atoms with Gasteiger partial charge in [0.15, 0.2) is 6.10 Å². The van der Waals surface area contributed by atoms with Gasteiger partial charge in [-0.05, 0) is 6.92 Å². The minimum absolute atomic E-state index is 0.250. The summed E-state index contributed by atoms with van der Waals surface area (Å²) in [7, 11) is 0. The summed E-state index contributed by atoms with van der Waals surface area (Å²) in [6.07, 6.45) is -6.16. The van der Waals surface area contributed by atoms with Crippen LogP contribution in [0.5, 0.6) is 0 Å². The molecule has 1 heterocycles. The highest BCUT2D eigenvalue weighted by Gasteiger charge is 2.50. The second-order valence-electron chi connectivity index (χ2n) is 3.33. The minimum Gasteiger partial charge on any atom is -0.397 e. The van der Waals surface area contributed by atoms with Gasteiger partial charge in [0.05, 0.1) is 6.61 Å². The Bertz CT molecular complexity index is 199. The third-order valence-corrected chi connectivity index (χ3v) is 2.00. The van der Waals surface area contributed by atoms with Crippen LogP contribution in [0.4, 0.5) is 0 Å². The molecule has 8 N–H and O–H groups in total. The molecule has 8 heteroatoms. The Labute approximate surface area is 92.5 Å². The smallest absolute Gasteiger partial charge is 0.252 e. The molecule has 0 aromatic rings. The highest BCUT2D eigenvalue weighted by Crippen LogP contribution is 2.23. The van der Waals surface area contributed by atoms with Crippen molar-refractivity contribution < 1.29 is 35.4 Å². The molecule has 5 atom stereocenters. The fourth-order valence-electron chi connectivity index (χ4n) is 1.18. The average molecular weight is 241 g/mol. The molecule has 0 bridgehead atoms. The lowest BCUT2D eigenvalue weighted by Gasteiger charge is -2.42. The number of hydrogen-bond donors (Lipinski definition) is 7. The summed E-state index contributed by atoms with van der Waals surface area (Å²) < 4.78 is 4.54. The van der Waals surface area contributed by atoms with Crippen LogP contribution in [0, 0.1) is 0 Å². The van der Waals surface area contributed by atoms with Gasteiger partial charge >= 0.3 is 0 Å². The summed E-state index contributed by atoms with van der Waals surface area (Å²) in [5, 5.41) is 52.8. The molecule has 0 radical (unpaired) electrons. The van der Waals surface area contributed by atoms with Gasteiger partial charge in [0.2, 0.25) is 0 Å². The van der Waals surface area contributed by atoms with E-state index in [4.69, 9.17) is 31.3 Å². The number of hydrogen-bond acceptors (Lipinski definition) is 8. The summed E-state index contributed by atoms with van der Waals surface area (Å²) in [6, 6.07) is 0. The van der Waals surface area contributed by atoms with Crippen molar-refractivity contribution in [3.8, 4) is 0 Å². The molecule has 98 valence electrons. The number of aliphatic hydroxyl groups is 6. The Morgan fingerprint density at radius 2 is 1.62 bits per heavy atom. The van der Waals surface area contributed by atoms with Gasteiger partial charge in [-0.2, -0.15) is 0 Å². The first-order chi connectivity index (χ1) is 7.31. The van der Waals surface area contributed by atoms with Crippen molar-refractivity contribution in [2.45, 2.75) is 37.3 Å². The van der Waals surface area contributed by atoms with Crippen LogP contribution in [-0.2, 0) is 4.74 Å². The standard InChI is InChI=1S/C6H13NO6.C2H6O/c7-6(12)5(11)4(10)3(9)2(1-8)13-6;1-2-3/h2-5,8-12H,1,7H2;3H,2H2,1H3/t2-,3-,4+,5-,6?;/m1./s1. The number of ether oxygens (including phenoxy) is 1. The van der Waals surface area contributed by atoms with Crippen molar-refractivity contribution >= 4 is 0 Å². The molecule has 1 aliphatic rings. The van der Waals surface area contributed by atoms with Crippen molar-refractivity contribution in [3.05, 3.63) is 0 Å². The first-order valence-electron chi connectivity index (χ1n) is 4.76. The van der Waals surface area contributed by atoms with Crippen molar-refractivity contribution in [1.29, 1.82) is 0 Å². The lowest BCUT2D eigenvalue weighted by molar-refractivity contribution is -0.346. The molecule has 1 fully saturated rings. The third-order valence-electron chi connectivity index (χ3n) is 2.00. The quantitative estimate of drug-likeness (QED) is 0.229. The first kappa shape index (κ1) is 15.7. The van der Waals surface area contributed by atoms with E-state index in [1.165, 1.54) is 0 Å². The van der Waals surface area contributed by atoms with Gasteiger partial charge < -0.3 is 35.4 Å². The van der Waals surface area contributed by atoms with Crippen molar-refractivity contribution in [1.82, 2.24) is 0 Å². The molecule has 0 saturated carbocycles. The van der Waals surface area contributed by atoms with Crippen LogP contribution in [-0.4, -0.2) is 74.2 Å². The Morgan fingerprint density at radius 1 is 1.19 bits per heavy atom. The van der Waals surface area contributed by atoms with E-state index in [1.54, 1.807) is 6.92 Å². The van der Waals surface area contributed by atoms with Crippen molar-refractivity contribution in [2.24, 2.45) is 5.73 Å². The first-order valence-corrected chi connectivity index (χ1v) is 4.76. The van der Waals surface area contributed by atoms with Crippen LogP contribution in [0.15, 0.2) is 0 Å². The normalized spacial score (nSPS) is 43.5. The second kappa shape index (κ2) is 6.42. The molecule has 0 aliphatic carbocycles. The summed E-state index contributed by atoms with van der Waals surface area (Å²) in [5.41, 5.74) is 5.04. The van der Waals surface area contributed by atoms with E-state index in [1.807, 2.05) is 0 Å². The van der Waals surface area contributed by atoms with E-state index in [0.717, 1.165) is 0 Å². The minimum atomic E-state index is -2.45. The monoisotopic (exact) mass is 241 g/mol. The molecule has 0 aromatic heterocycles. The molecule has 1 saturated heterocycles. The van der Waals surface area contributed by atoms with E-state index < -0.39 is 36.9 Å². The molecule has 1 unspecified atom stereocenters. The maximum absolute atomic E-state index is 9.18. The average Bonchev–Trinajstić information content (AvgIpc) is 2.22. The summed E-state index contributed by atoms with van der Waals surface area (Å²) >= 11 is 0. The zero-order chi connectivity index (χ0) is 12.9. The Balaban J connectivity index is 0.000000673. The molecule has 0 spiro atoms. The largest absolute Gasteiger partial charge is 0.397 e. The van der Waals surface area contributed by atoms with Crippen LogP contribution in [0.2, 0.25) is 0 Å². The third kappa shape index (κ3) is 3.61.